The minimum atomic E-state index is -0.0291. The smallest absolute Gasteiger partial charge is 0.191 e. The van der Waals surface area contributed by atoms with Crippen molar-refractivity contribution in [2.24, 2.45) is 4.99 Å². The summed E-state index contributed by atoms with van der Waals surface area (Å²) in [5.41, 5.74) is 1.19. The first kappa shape index (κ1) is 20.4. The Labute approximate surface area is 188 Å². The van der Waals surface area contributed by atoms with E-state index in [-0.39, 0.29) is 35.6 Å². The Morgan fingerprint density at radius 2 is 2.07 bits per heavy atom. The molecule has 2 aliphatic heterocycles. The molecule has 7 nitrogen and oxygen atoms in total. The second kappa shape index (κ2) is 8.49. The molecule has 1 aliphatic carbocycles. The Kier molecular flexibility index (Phi) is 5.98. The fraction of sp³-hybridized carbons (Fsp3) is 0.571. The molecule has 5 rings (SSSR count). The van der Waals surface area contributed by atoms with E-state index in [9.17, 15) is 0 Å². The zero-order valence-electron chi connectivity index (χ0n) is 16.9. The lowest BCUT2D eigenvalue weighted by Gasteiger charge is -2.40. The zero-order valence-corrected chi connectivity index (χ0v) is 19.2. The van der Waals surface area contributed by atoms with Crippen molar-refractivity contribution in [1.82, 2.24) is 25.4 Å². The van der Waals surface area contributed by atoms with Crippen LogP contribution in [0, 0.1) is 0 Å². The molecule has 29 heavy (non-hydrogen) atoms. The fourth-order valence-corrected chi connectivity index (χ4v) is 4.94. The largest absolute Gasteiger partial charge is 0.487 e. The Balaban J connectivity index is 0.00000205. The third-order valence-corrected chi connectivity index (χ3v) is 6.35. The number of ether oxygens (including phenoxy) is 1. The van der Waals surface area contributed by atoms with Crippen LogP contribution in [0.5, 0.6) is 5.75 Å². The van der Waals surface area contributed by atoms with E-state index in [0.29, 0.717) is 6.54 Å². The van der Waals surface area contributed by atoms with E-state index in [1.165, 1.54) is 18.4 Å². The summed E-state index contributed by atoms with van der Waals surface area (Å²) >= 11 is 0. The van der Waals surface area contributed by atoms with E-state index in [0.717, 1.165) is 62.0 Å². The molecule has 0 amide bonds. The molecule has 1 unspecified atom stereocenters. The normalized spacial score (nSPS) is 21.8. The highest BCUT2D eigenvalue weighted by atomic mass is 127. The molecule has 1 saturated carbocycles. The number of hydrogen-bond donors (Lipinski definition) is 2. The molecule has 0 radical (unpaired) electrons. The lowest BCUT2D eigenvalue weighted by Crippen LogP contribution is -2.46. The third kappa shape index (κ3) is 3.95. The summed E-state index contributed by atoms with van der Waals surface area (Å²) < 4.78 is 8.69. The highest BCUT2D eigenvalue weighted by Crippen LogP contribution is 2.46. The maximum atomic E-state index is 6.47. The van der Waals surface area contributed by atoms with Crippen molar-refractivity contribution in [2.75, 3.05) is 7.05 Å². The zero-order chi connectivity index (χ0) is 19.0. The van der Waals surface area contributed by atoms with Gasteiger partial charge in [0, 0.05) is 32.0 Å². The molecular formula is C21H29IN6O. The number of aryl methyl sites for hydroxylation is 1. The summed E-state index contributed by atoms with van der Waals surface area (Å²) in [4.78, 5) is 4.46. The predicted octanol–water partition coefficient (Wildman–Crippen LogP) is 3.34. The molecule has 156 valence electrons. The maximum Gasteiger partial charge on any atom is 0.191 e. The number of para-hydroxylation sites is 1. The molecule has 2 aromatic rings. The van der Waals surface area contributed by atoms with Gasteiger partial charge in [-0.3, -0.25) is 4.99 Å². The molecule has 1 fully saturated rings. The van der Waals surface area contributed by atoms with Crippen molar-refractivity contribution in [3.8, 4) is 5.75 Å². The van der Waals surface area contributed by atoms with Crippen LogP contribution in [0.25, 0.3) is 0 Å². The van der Waals surface area contributed by atoms with Gasteiger partial charge < -0.3 is 19.9 Å². The molecule has 1 aromatic heterocycles. The maximum absolute atomic E-state index is 6.47. The van der Waals surface area contributed by atoms with Crippen LogP contribution in [0.15, 0.2) is 29.3 Å². The van der Waals surface area contributed by atoms with Crippen LogP contribution >= 0.6 is 24.0 Å². The second-order valence-electron chi connectivity index (χ2n) is 8.14. The lowest BCUT2D eigenvalue weighted by molar-refractivity contribution is 0.0396. The van der Waals surface area contributed by atoms with E-state index in [4.69, 9.17) is 4.74 Å². The molecule has 3 heterocycles. The first-order chi connectivity index (χ1) is 13.8. The summed E-state index contributed by atoms with van der Waals surface area (Å²) in [5, 5.41) is 15.7. The lowest BCUT2D eigenvalue weighted by atomic mass is 9.86. The number of aromatic nitrogens is 3. The third-order valence-electron chi connectivity index (χ3n) is 6.35. The number of nitrogens with zero attached hydrogens (tertiary/aromatic N) is 4. The number of guanidine groups is 1. The summed E-state index contributed by atoms with van der Waals surface area (Å²) in [7, 11) is 1.82. The number of aliphatic imine (C=N–C) groups is 1. The topological polar surface area (TPSA) is 76.4 Å². The van der Waals surface area contributed by atoms with Crippen molar-refractivity contribution in [3.05, 3.63) is 41.5 Å². The molecule has 1 atom stereocenters. The Morgan fingerprint density at radius 1 is 1.24 bits per heavy atom. The minimum absolute atomic E-state index is 0. The number of hydrogen-bond acceptors (Lipinski definition) is 4. The van der Waals surface area contributed by atoms with Gasteiger partial charge in [0.25, 0.3) is 0 Å². The van der Waals surface area contributed by atoms with E-state index in [2.05, 4.69) is 54.7 Å². The number of fused-ring (bicyclic) bond motifs is 2. The van der Waals surface area contributed by atoms with Crippen LogP contribution in [-0.4, -0.2) is 33.4 Å². The van der Waals surface area contributed by atoms with Gasteiger partial charge in [-0.15, -0.1) is 34.2 Å². The van der Waals surface area contributed by atoms with Gasteiger partial charge in [-0.1, -0.05) is 18.2 Å². The number of nitrogens with one attached hydrogen (secondary N) is 2. The molecule has 0 bridgehead atoms. The van der Waals surface area contributed by atoms with Crippen molar-refractivity contribution < 1.29 is 4.74 Å². The van der Waals surface area contributed by atoms with Gasteiger partial charge in [0.15, 0.2) is 11.8 Å². The Bertz CT molecular complexity index is 889. The fourth-order valence-electron chi connectivity index (χ4n) is 4.94. The number of halogens is 1. The van der Waals surface area contributed by atoms with Gasteiger partial charge in [-0.05, 0) is 38.2 Å². The second-order valence-corrected chi connectivity index (χ2v) is 8.14. The molecule has 0 saturated heterocycles. The van der Waals surface area contributed by atoms with Gasteiger partial charge in [-0.2, -0.15) is 0 Å². The summed E-state index contributed by atoms with van der Waals surface area (Å²) in [5.74, 6) is 3.89. The van der Waals surface area contributed by atoms with Crippen molar-refractivity contribution in [1.29, 1.82) is 0 Å². The molecule has 3 aliphatic rings. The predicted molar refractivity (Wildman–Crippen MR) is 123 cm³/mol. The van der Waals surface area contributed by atoms with E-state index >= 15 is 0 Å². The van der Waals surface area contributed by atoms with Crippen LogP contribution < -0.4 is 15.4 Å². The van der Waals surface area contributed by atoms with Gasteiger partial charge in [0.1, 0.15) is 17.2 Å². The molecule has 8 heteroatoms. The van der Waals surface area contributed by atoms with E-state index in [1.54, 1.807) is 0 Å². The standard InChI is InChI=1S/C21H28N6O.HI/c1-22-20(23-14-19-26-25-18-9-6-12-27(18)19)24-16-13-21(10-4-5-11-21)28-17-8-3-2-7-15(16)17;/h2-3,7-8,16H,4-6,9-14H2,1H3,(H2,22,23,24);1H. The Hall–Kier alpha value is -1.84. The van der Waals surface area contributed by atoms with Gasteiger partial charge in [0.05, 0.1) is 12.6 Å². The first-order valence-corrected chi connectivity index (χ1v) is 10.4. The molecule has 1 aromatic carbocycles. The Morgan fingerprint density at radius 3 is 2.90 bits per heavy atom. The summed E-state index contributed by atoms with van der Waals surface area (Å²) in [6.45, 7) is 1.64. The number of rotatable bonds is 3. The highest BCUT2D eigenvalue weighted by Gasteiger charge is 2.43. The van der Waals surface area contributed by atoms with Gasteiger partial charge in [-0.25, -0.2) is 0 Å². The monoisotopic (exact) mass is 508 g/mol. The average molecular weight is 508 g/mol. The average Bonchev–Trinajstić information content (AvgIpc) is 3.43. The molecule has 2 N–H and O–H groups in total. The molecular weight excluding hydrogens is 479 g/mol. The summed E-state index contributed by atoms with van der Waals surface area (Å²) in [6, 6.07) is 8.59. The minimum Gasteiger partial charge on any atom is -0.487 e. The van der Waals surface area contributed by atoms with Gasteiger partial charge in [0.2, 0.25) is 0 Å². The summed E-state index contributed by atoms with van der Waals surface area (Å²) in [6.07, 6.45) is 7.94. The van der Waals surface area contributed by atoms with E-state index in [1.807, 2.05) is 7.05 Å². The van der Waals surface area contributed by atoms with Crippen LogP contribution in [0.3, 0.4) is 0 Å². The van der Waals surface area contributed by atoms with Crippen LogP contribution in [0.2, 0.25) is 0 Å². The van der Waals surface area contributed by atoms with Crippen LogP contribution in [0.4, 0.5) is 0 Å². The van der Waals surface area contributed by atoms with Crippen molar-refractivity contribution in [2.45, 2.75) is 69.7 Å². The van der Waals surface area contributed by atoms with Crippen LogP contribution in [-0.2, 0) is 19.5 Å². The van der Waals surface area contributed by atoms with Crippen LogP contribution in [0.1, 0.15) is 61.8 Å². The van der Waals surface area contributed by atoms with E-state index < -0.39 is 0 Å². The quantitative estimate of drug-likeness (QED) is 0.378. The van der Waals surface area contributed by atoms with Crippen molar-refractivity contribution in [3.63, 3.8) is 0 Å². The van der Waals surface area contributed by atoms with Gasteiger partial charge >= 0.3 is 0 Å². The SMILES string of the molecule is CN=C(NCc1nnc2n1CCC2)NC1CC2(CCCC2)Oc2ccccc21.I. The molecule has 1 spiro atoms. The highest BCUT2D eigenvalue weighted by molar-refractivity contribution is 14.0. The number of benzene rings is 1. The first-order valence-electron chi connectivity index (χ1n) is 10.4. The van der Waals surface area contributed by atoms with Crippen molar-refractivity contribution >= 4 is 29.9 Å².